The summed E-state index contributed by atoms with van der Waals surface area (Å²) in [7, 11) is 3.13. The van der Waals surface area contributed by atoms with Gasteiger partial charge in [0, 0.05) is 31.0 Å². The first kappa shape index (κ1) is 35.4. The number of carbonyl (C=O) groups excluding carboxylic acids is 4. The van der Waals surface area contributed by atoms with Crippen molar-refractivity contribution < 1.29 is 38.1 Å². The van der Waals surface area contributed by atoms with Crippen molar-refractivity contribution in [2.75, 3.05) is 47.1 Å². The van der Waals surface area contributed by atoms with Crippen LogP contribution in [-0.4, -0.2) is 81.6 Å². The molecule has 2 atom stereocenters. The predicted octanol–water partition coefficient (Wildman–Crippen LogP) is 3.61. The molecule has 0 spiro atoms. The lowest BCUT2D eigenvalue weighted by molar-refractivity contribution is -0.161. The van der Waals surface area contributed by atoms with Crippen LogP contribution in [0.1, 0.15) is 69.9 Å². The maximum absolute atomic E-state index is 13.3. The van der Waals surface area contributed by atoms with E-state index in [-0.39, 0.29) is 25.0 Å². The van der Waals surface area contributed by atoms with E-state index in [2.05, 4.69) is 5.32 Å². The van der Waals surface area contributed by atoms with Gasteiger partial charge >= 0.3 is 5.97 Å². The summed E-state index contributed by atoms with van der Waals surface area (Å²) in [6.45, 7) is 6.31. The van der Waals surface area contributed by atoms with E-state index in [0.29, 0.717) is 56.1 Å². The van der Waals surface area contributed by atoms with E-state index in [9.17, 15) is 19.2 Å². The van der Waals surface area contributed by atoms with Gasteiger partial charge in [0.15, 0.2) is 18.1 Å². The second kappa shape index (κ2) is 16.8. The maximum Gasteiger partial charge on any atom is 0.328 e. The molecule has 1 fully saturated rings. The second-order valence-corrected chi connectivity index (χ2v) is 11.7. The molecule has 1 aliphatic rings. The van der Waals surface area contributed by atoms with Crippen molar-refractivity contribution in [1.82, 2.24) is 10.2 Å². The monoisotopic (exact) mass is 625 g/mol. The van der Waals surface area contributed by atoms with Gasteiger partial charge in [-0.1, -0.05) is 39.0 Å². The molecule has 3 N–H and O–H groups in total. The molecular formula is C34H47N3O8. The Kier molecular flexibility index (Phi) is 13.2. The van der Waals surface area contributed by atoms with Crippen LogP contribution in [-0.2, 0) is 23.9 Å². The van der Waals surface area contributed by atoms with Crippen molar-refractivity contribution in [3.63, 3.8) is 0 Å². The first-order valence-corrected chi connectivity index (χ1v) is 15.5. The minimum Gasteiger partial charge on any atom is -0.493 e. The van der Waals surface area contributed by atoms with Crippen molar-refractivity contribution in [2.45, 2.75) is 64.8 Å². The molecule has 0 aliphatic carbocycles. The van der Waals surface area contributed by atoms with Crippen LogP contribution in [0.5, 0.6) is 17.2 Å². The Bertz CT molecular complexity index is 1330. The third kappa shape index (κ3) is 9.43. The molecule has 0 radical (unpaired) electrons. The molecule has 2 aromatic carbocycles. The number of methoxy groups -OCH3 is 2. The third-order valence-corrected chi connectivity index (χ3v) is 8.29. The first-order chi connectivity index (χ1) is 21.6. The van der Waals surface area contributed by atoms with Crippen molar-refractivity contribution in [3.05, 3.63) is 53.6 Å². The third-order valence-electron chi connectivity index (χ3n) is 8.29. The van der Waals surface area contributed by atoms with Crippen molar-refractivity contribution in [3.8, 4) is 17.2 Å². The molecule has 1 saturated heterocycles. The Morgan fingerprint density at radius 2 is 1.76 bits per heavy atom. The highest BCUT2D eigenvalue weighted by Gasteiger charge is 2.40. The molecule has 3 rings (SSSR count). The molecule has 11 heteroatoms. The van der Waals surface area contributed by atoms with Crippen molar-refractivity contribution in [2.24, 2.45) is 11.1 Å². The SMILES string of the molecule is CCC(C)(C)C(=O)C(=O)N1CCCCC1C(=O)OCCC(c1cccc(OCC(=O)NCCN)c1)c1ccc(OC)c(OC)c1. The van der Waals surface area contributed by atoms with Gasteiger partial charge in [0.2, 0.25) is 5.78 Å². The zero-order valence-corrected chi connectivity index (χ0v) is 27.1. The van der Waals surface area contributed by atoms with E-state index >= 15 is 0 Å². The number of Topliss-reactive ketones (excluding diaryl/α,β-unsaturated/α-hetero) is 1. The molecule has 1 aliphatic heterocycles. The van der Waals surface area contributed by atoms with Crippen LogP contribution in [0.2, 0.25) is 0 Å². The van der Waals surface area contributed by atoms with Crippen LogP contribution in [0.15, 0.2) is 42.5 Å². The molecule has 0 bridgehead atoms. The molecule has 0 aromatic heterocycles. The molecule has 2 amide bonds. The summed E-state index contributed by atoms with van der Waals surface area (Å²) in [6.07, 6.45) is 2.86. The van der Waals surface area contributed by atoms with Crippen molar-refractivity contribution >= 4 is 23.6 Å². The highest BCUT2D eigenvalue weighted by atomic mass is 16.5. The summed E-state index contributed by atoms with van der Waals surface area (Å²) in [5.74, 6) is -0.511. The van der Waals surface area contributed by atoms with Crippen LogP contribution in [0.25, 0.3) is 0 Å². The lowest BCUT2D eigenvalue weighted by atomic mass is 9.84. The summed E-state index contributed by atoms with van der Waals surface area (Å²) in [6, 6.07) is 12.2. The fourth-order valence-corrected chi connectivity index (χ4v) is 5.20. The quantitative estimate of drug-likeness (QED) is 0.211. The van der Waals surface area contributed by atoms with Gasteiger partial charge in [0.1, 0.15) is 11.8 Å². The molecule has 2 unspecified atom stereocenters. The molecule has 1 heterocycles. The number of hydrogen-bond donors (Lipinski definition) is 2. The number of piperidine rings is 1. The molecule has 11 nitrogen and oxygen atoms in total. The topological polar surface area (TPSA) is 146 Å². The molecule has 246 valence electrons. The van der Waals surface area contributed by atoms with Crippen LogP contribution < -0.4 is 25.3 Å². The molecule has 45 heavy (non-hydrogen) atoms. The number of ketones is 1. The number of ether oxygens (including phenoxy) is 4. The first-order valence-electron chi connectivity index (χ1n) is 15.5. The van der Waals surface area contributed by atoms with Gasteiger partial charge in [0.05, 0.1) is 20.8 Å². The summed E-state index contributed by atoms with van der Waals surface area (Å²) >= 11 is 0. The van der Waals surface area contributed by atoms with Crippen LogP contribution in [0.3, 0.4) is 0 Å². The van der Waals surface area contributed by atoms with Gasteiger partial charge in [-0.25, -0.2) is 4.79 Å². The Morgan fingerprint density at radius 1 is 1.02 bits per heavy atom. The standard InChI is InChI=1S/C34H47N3O8/c1-6-34(2,3)31(39)32(40)37-18-8-7-12-27(37)33(41)44-19-15-26(24-13-14-28(42-4)29(21-24)43-5)23-10-9-11-25(20-23)45-22-30(38)36-17-16-35/h9-11,13-14,20-21,26-27H,6-8,12,15-19,22,35H2,1-5H3,(H,36,38). The largest absolute Gasteiger partial charge is 0.493 e. The van der Waals surface area contributed by atoms with E-state index in [1.165, 1.54) is 4.90 Å². The highest BCUT2D eigenvalue weighted by molar-refractivity contribution is 6.38. The van der Waals surface area contributed by atoms with Crippen LogP contribution in [0, 0.1) is 5.41 Å². The number of nitrogens with one attached hydrogen (secondary N) is 1. The summed E-state index contributed by atoms with van der Waals surface area (Å²) in [5, 5.41) is 2.67. The Labute approximate surface area is 265 Å². The predicted molar refractivity (Wildman–Crippen MR) is 169 cm³/mol. The van der Waals surface area contributed by atoms with Crippen molar-refractivity contribution in [1.29, 1.82) is 0 Å². The van der Waals surface area contributed by atoms with E-state index in [1.54, 1.807) is 34.1 Å². The van der Waals surface area contributed by atoms with E-state index in [4.69, 9.17) is 24.7 Å². The number of rotatable bonds is 16. The summed E-state index contributed by atoms with van der Waals surface area (Å²) in [4.78, 5) is 52.9. The van der Waals surface area contributed by atoms with E-state index in [0.717, 1.165) is 24.0 Å². The van der Waals surface area contributed by atoms with Gasteiger partial charge < -0.3 is 34.9 Å². The fourth-order valence-electron chi connectivity index (χ4n) is 5.20. The number of amides is 2. The Hall–Kier alpha value is -4.12. The van der Waals surface area contributed by atoms with E-state index in [1.807, 2.05) is 43.3 Å². The number of likely N-dealkylation sites (tertiary alicyclic amines) is 1. The van der Waals surface area contributed by atoms with Gasteiger partial charge in [0.25, 0.3) is 11.8 Å². The Balaban J connectivity index is 1.79. The number of benzene rings is 2. The smallest absolute Gasteiger partial charge is 0.328 e. The van der Waals surface area contributed by atoms with E-state index < -0.39 is 29.1 Å². The average molecular weight is 626 g/mol. The lowest BCUT2D eigenvalue weighted by Gasteiger charge is -2.35. The summed E-state index contributed by atoms with van der Waals surface area (Å²) < 4.78 is 22.5. The number of carbonyl (C=O) groups is 4. The average Bonchev–Trinajstić information content (AvgIpc) is 3.07. The van der Waals surface area contributed by atoms with Gasteiger partial charge in [-0.15, -0.1) is 0 Å². The zero-order valence-electron chi connectivity index (χ0n) is 27.1. The normalized spacial score (nSPS) is 15.5. The van der Waals surface area contributed by atoms with Gasteiger partial charge in [-0.3, -0.25) is 14.4 Å². The van der Waals surface area contributed by atoms with Crippen LogP contribution >= 0.6 is 0 Å². The molecule has 2 aromatic rings. The minimum atomic E-state index is -0.803. The highest BCUT2D eigenvalue weighted by Crippen LogP contribution is 2.36. The maximum atomic E-state index is 13.3. The molecular weight excluding hydrogens is 578 g/mol. The van der Waals surface area contributed by atoms with Crippen LogP contribution in [0.4, 0.5) is 0 Å². The Morgan fingerprint density at radius 3 is 2.44 bits per heavy atom. The fraction of sp³-hybridized carbons (Fsp3) is 0.529. The number of nitrogens with zero attached hydrogens (tertiary/aromatic N) is 1. The van der Waals surface area contributed by atoms with Gasteiger partial charge in [-0.2, -0.15) is 0 Å². The summed E-state index contributed by atoms with van der Waals surface area (Å²) in [5.41, 5.74) is 6.41. The van der Waals surface area contributed by atoms with Gasteiger partial charge in [-0.05, 0) is 67.5 Å². The lowest BCUT2D eigenvalue weighted by Crippen LogP contribution is -2.53. The zero-order chi connectivity index (χ0) is 33.0. The number of hydrogen-bond acceptors (Lipinski definition) is 9. The second-order valence-electron chi connectivity index (χ2n) is 11.7. The molecule has 0 saturated carbocycles. The number of esters is 1. The number of nitrogens with two attached hydrogens (primary N) is 1. The minimum absolute atomic E-state index is 0.0668.